The van der Waals surface area contributed by atoms with E-state index in [0.29, 0.717) is 17.5 Å². The molecular formula is C15H20N2O2. The van der Waals surface area contributed by atoms with E-state index in [1.165, 1.54) is 12.8 Å². The van der Waals surface area contributed by atoms with Gasteiger partial charge in [0.15, 0.2) is 0 Å². The summed E-state index contributed by atoms with van der Waals surface area (Å²) in [7, 11) is 0. The van der Waals surface area contributed by atoms with Gasteiger partial charge in [0.05, 0.1) is 0 Å². The molecule has 0 bridgehead atoms. The van der Waals surface area contributed by atoms with Crippen LogP contribution in [0, 0.1) is 12.8 Å². The summed E-state index contributed by atoms with van der Waals surface area (Å²) in [6.45, 7) is 4.61. The van der Waals surface area contributed by atoms with Crippen LogP contribution in [0.15, 0.2) is 18.2 Å². The molecule has 2 unspecified atom stereocenters. The molecule has 2 N–H and O–H groups in total. The fourth-order valence-electron chi connectivity index (χ4n) is 3.27. The number of carbonyl (C=O) groups is 1. The van der Waals surface area contributed by atoms with Crippen molar-refractivity contribution in [1.29, 1.82) is 0 Å². The fraction of sp³-hybridized carbons (Fsp3) is 0.533. The van der Waals surface area contributed by atoms with Crippen molar-refractivity contribution in [1.82, 2.24) is 10.2 Å². The van der Waals surface area contributed by atoms with Crippen molar-refractivity contribution < 1.29 is 9.90 Å². The molecule has 2 heterocycles. The maximum absolute atomic E-state index is 12.5. The maximum atomic E-state index is 12.5. The molecule has 2 aliphatic rings. The number of likely N-dealkylation sites (tertiary alicyclic amines) is 1. The first-order chi connectivity index (χ1) is 9.15. The Morgan fingerprint density at radius 3 is 3.00 bits per heavy atom. The van der Waals surface area contributed by atoms with E-state index < -0.39 is 0 Å². The molecule has 2 atom stereocenters. The van der Waals surface area contributed by atoms with Gasteiger partial charge in [-0.1, -0.05) is 0 Å². The van der Waals surface area contributed by atoms with E-state index in [-0.39, 0.29) is 11.7 Å². The van der Waals surface area contributed by atoms with Gasteiger partial charge in [-0.15, -0.1) is 0 Å². The van der Waals surface area contributed by atoms with Crippen LogP contribution in [-0.2, 0) is 0 Å². The first-order valence-electron chi connectivity index (χ1n) is 6.97. The van der Waals surface area contributed by atoms with Gasteiger partial charge in [0.1, 0.15) is 5.75 Å². The molecule has 1 aromatic carbocycles. The first kappa shape index (κ1) is 12.5. The van der Waals surface area contributed by atoms with Gasteiger partial charge in [-0.05, 0) is 56.0 Å². The predicted octanol–water partition coefficient (Wildman–Crippen LogP) is 1.52. The van der Waals surface area contributed by atoms with Crippen LogP contribution in [0.25, 0.3) is 0 Å². The Morgan fingerprint density at radius 1 is 1.42 bits per heavy atom. The molecule has 3 rings (SSSR count). The molecule has 4 nitrogen and oxygen atoms in total. The van der Waals surface area contributed by atoms with Gasteiger partial charge in [0, 0.05) is 24.7 Å². The first-order valence-corrected chi connectivity index (χ1v) is 6.97. The highest BCUT2D eigenvalue weighted by molar-refractivity contribution is 5.96. The lowest BCUT2D eigenvalue weighted by Gasteiger charge is -2.24. The number of nitrogens with zero attached hydrogens (tertiary/aromatic N) is 1. The summed E-state index contributed by atoms with van der Waals surface area (Å²) in [6.07, 6.45) is 2.43. The van der Waals surface area contributed by atoms with E-state index in [0.717, 1.165) is 25.2 Å². The minimum absolute atomic E-state index is 0.0914. The summed E-state index contributed by atoms with van der Waals surface area (Å²) in [5.41, 5.74) is 1.55. The summed E-state index contributed by atoms with van der Waals surface area (Å²) in [5.74, 6) is 0.912. The van der Waals surface area contributed by atoms with Crippen LogP contribution in [0.1, 0.15) is 28.8 Å². The third-order valence-electron chi connectivity index (χ3n) is 4.33. The Kier molecular flexibility index (Phi) is 3.19. The van der Waals surface area contributed by atoms with Gasteiger partial charge in [-0.2, -0.15) is 0 Å². The van der Waals surface area contributed by atoms with Crippen molar-refractivity contribution in [3.63, 3.8) is 0 Å². The van der Waals surface area contributed by atoms with Gasteiger partial charge in [0.25, 0.3) is 5.91 Å². The zero-order valence-corrected chi connectivity index (χ0v) is 11.2. The Morgan fingerprint density at radius 2 is 2.26 bits per heavy atom. The summed E-state index contributed by atoms with van der Waals surface area (Å²) in [5, 5.41) is 12.9. The predicted molar refractivity (Wildman–Crippen MR) is 73.3 cm³/mol. The lowest BCUT2D eigenvalue weighted by atomic mass is 9.94. The van der Waals surface area contributed by atoms with E-state index in [1.54, 1.807) is 18.2 Å². The molecular weight excluding hydrogens is 240 g/mol. The number of aryl methyl sites for hydroxylation is 1. The number of benzene rings is 1. The highest BCUT2D eigenvalue weighted by Crippen LogP contribution is 2.27. The number of phenolic OH excluding ortho intramolecular Hbond substituents is 1. The number of nitrogens with one attached hydrogen (secondary N) is 1. The molecule has 19 heavy (non-hydrogen) atoms. The summed E-state index contributed by atoms with van der Waals surface area (Å²) >= 11 is 0. The van der Waals surface area contributed by atoms with E-state index >= 15 is 0 Å². The third-order valence-corrected chi connectivity index (χ3v) is 4.33. The zero-order valence-electron chi connectivity index (χ0n) is 11.2. The number of hydrogen-bond acceptors (Lipinski definition) is 3. The number of piperidine rings is 1. The van der Waals surface area contributed by atoms with Crippen LogP contribution in [0.2, 0.25) is 0 Å². The fourth-order valence-corrected chi connectivity index (χ4v) is 3.27. The highest BCUT2D eigenvalue weighted by atomic mass is 16.3. The molecule has 0 aromatic heterocycles. The smallest absolute Gasteiger partial charge is 0.254 e. The Hall–Kier alpha value is -1.55. The number of aromatic hydroxyl groups is 1. The van der Waals surface area contributed by atoms with Gasteiger partial charge < -0.3 is 15.3 Å². The third kappa shape index (κ3) is 2.32. The molecule has 0 saturated carbocycles. The van der Waals surface area contributed by atoms with Gasteiger partial charge >= 0.3 is 0 Å². The minimum Gasteiger partial charge on any atom is -0.508 e. The van der Waals surface area contributed by atoms with Crippen LogP contribution in [0.3, 0.4) is 0 Å². The van der Waals surface area contributed by atoms with E-state index in [2.05, 4.69) is 5.32 Å². The largest absolute Gasteiger partial charge is 0.508 e. The number of rotatable bonds is 1. The quantitative estimate of drug-likeness (QED) is 0.805. The van der Waals surface area contributed by atoms with Crippen molar-refractivity contribution in [2.45, 2.75) is 25.8 Å². The van der Waals surface area contributed by atoms with Gasteiger partial charge in [0.2, 0.25) is 0 Å². The van der Waals surface area contributed by atoms with E-state index in [9.17, 15) is 9.90 Å². The Labute approximate surface area is 113 Å². The average Bonchev–Trinajstić information content (AvgIpc) is 2.81. The van der Waals surface area contributed by atoms with E-state index in [1.807, 2.05) is 11.8 Å². The monoisotopic (exact) mass is 260 g/mol. The van der Waals surface area contributed by atoms with Crippen molar-refractivity contribution in [2.75, 3.05) is 19.6 Å². The maximum Gasteiger partial charge on any atom is 0.254 e. The van der Waals surface area contributed by atoms with Crippen LogP contribution in [0.4, 0.5) is 0 Å². The topological polar surface area (TPSA) is 52.6 Å². The average molecular weight is 260 g/mol. The summed E-state index contributed by atoms with van der Waals surface area (Å²) in [4.78, 5) is 14.5. The van der Waals surface area contributed by atoms with Gasteiger partial charge in [-0.3, -0.25) is 4.79 Å². The van der Waals surface area contributed by atoms with Gasteiger partial charge in [-0.25, -0.2) is 0 Å². The number of amides is 1. The molecule has 1 aromatic rings. The van der Waals surface area contributed by atoms with Crippen molar-refractivity contribution in [3.05, 3.63) is 29.3 Å². The molecule has 2 saturated heterocycles. The van der Waals surface area contributed by atoms with Crippen LogP contribution < -0.4 is 5.32 Å². The molecule has 0 aliphatic carbocycles. The number of hydrogen-bond donors (Lipinski definition) is 2. The van der Waals surface area contributed by atoms with Crippen LogP contribution in [0.5, 0.6) is 5.75 Å². The molecule has 1 amide bonds. The lowest BCUT2D eigenvalue weighted by molar-refractivity contribution is 0.0785. The van der Waals surface area contributed by atoms with Crippen LogP contribution in [-0.4, -0.2) is 41.6 Å². The second kappa shape index (κ2) is 4.85. The standard InChI is InChI=1S/C15H20N2O2/c1-10-7-12(18)4-5-13(10)15(19)17-8-11-3-2-6-16-14(11)9-17/h4-5,7,11,14,16,18H,2-3,6,8-9H2,1H3. The zero-order chi connectivity index (χ0) is 13.4. The summed E-state index contributed by atoms with van der Waals surface area (Å²) in [6, 6.07) is 5.42. The molecule has 0 spiro atoms. The second-order valence-electron chi connectivity index (χ2n) is 5.67. The second-order valence-corrected chi connectivity index (χ2v) is 5.67. The highest BCUT2D eigenvalue weighted by Gasteiger charge is 2.36. The van der Waals surface area contributed by atoms with E-state index in [4.69, 9.17) is 0 Å². The molecule has 4 heteroatoms. The minimum atomic E-state index is 0.0914. The number of fused-ring (bicyclic) bond motifs is 1. The molecule has 0 radical (unpaired) electrons. The Balaban J connectivity index is 1.77. The molecule has 102 valence electrons. The SMILES string of the molecule is Cc1cc(O)ccc1C(=O)N1CC2CCCNC2C1. The van der Waals surface area contributed by atoms with Crippen molar-refractivity contribution in [2.24, 2.45) is 5.92 Å². The van der Waals surface area contributed by atoms with Crippen molar-refractivity contribution >= 4 is 5.91 Å². The normalized spacial score (nSPS) is 26.3. The number of carbonyl (C=O) groups excluding carboxylic acids is 1. The van der Waals surface area contributed by atoms with Crippen LogP contribution >= 0.6 is 0 Å². The van der Waals surface area contributed by atoms with Crippen molar-refractivity contribution in [3.8, 4) is 5.75 Å². The molecule has 2 fully saturated rings. The summed E-state index contributed by atoms with van der Waals surface area (Å²) < 4.78 is 0. The Bertz CT molecular complexity index is 487. The lowest BCUT2D eigenvalue weighted by Crippen LogP contribution is -2.41. The molecule has 2 aliphatic heterocycles. The number of phenols is 1.